The summed E-state index contributed by atoms with van der Waals surface area (Å²) in [5.41, 5.74) is 0. The molecule has 0 spiro atoms. The van der Waals surface area contributed by atoms with Gasteiger partial charge in [-0.3, -0.25) is 4.79 Å². The molecule has 0 fully saturated rings. The molecule has 0 aliphatic rings. The summed E-state index contributed by atoms with van der Waals surface area (Å²) in [6.07, 6.45) is 1.52. The first kappa shape index (κ1) is 12.1. The summed E-state index contributed by atoms with van der Waals surface area (Å²) in [6, 6.07) is 0. The van der Waals surface area contributed by atoms with Gasteiger partial charge in [0.2, 0.25) is 0 Å². The Balaban J connectivity index is 0. The average molecular weight is 255 g/mol. The Bertz CT molecular complexity index is 95.0. The van der Waals surface area contributed by atoms with E-state index in [1.807, 2.05) is 0 Å². The third kappa shape index (κ3) is 8.36. The van der Waals surface area contributed by atoms with Crippen LogP contribution in [0.1, 0.15) is 0 Å². The molecule has 0 N–H and O–H groups in total. The summed E-state index contributed by atoms with van der Waals surface area (Å²) in [6.45, 7) is 3.64. The van der Waals surface area contributed by atoms with E-state index in [4.69, 9.17) is 0 Å². The zero-order valence-corrected chi connectivity index (χ0v) is 5.36. The van der Waals surface area contributed by atoms with Gasteiger partial charge >= 0.3 is 29.9 Å². The van der Waals surface area contributed by atoms with Crippen molar-refractivity contribution in [3.63, 3.8) is 0 Å². The first-order valence-electron chi connectivity index (χ1n) is 2.18. The van der Waals surface area contributed by atoms with Crippen molar-refractivity contribution >= 4 is 42.5 Å². The second-order valence-electron chi connectivity index (χ2n) is 1.13. The maximum absolute atomic E-state index is 10.2. The summed E-state index contributed by atoms with van der Waals surface area (Å²) < 4.78 is 4.51. The van der Waals surface area contributed by atoms with Crippen LogP contribution in [0.25, 0.3) is 0 Å². The Morgan fingerprint density at radius 3 is 2.67 bits per heavy atom. The molecule has 0 aromatic rings. The number of rotatable bonds is 3. The van der Waals surface area contributed by atoms with Crippen molar-refractivity contribution in [2.24, 2.45) is 0 Å². The number of ether oxygens (including phenoxy) is 1. The van der Waals surface area contributed by atoms with E-state index in [-0.39, 0.29) is 42.2 Å². The van der Waals surface area contributed by atoms with Crippen LogP contribution in [0.2, 0.25) is 0 Å². The molecule has 0 rings (SSSR count). The van der Waals surface area contributed by atoms with Crippen LogP contribution < -0.4 is 0 Å². The summed E-state index contributed by atoms with van der Waals surface area (Å²) in [5, 5.41) is 0. The van der Waals surface area contributed by atoms with Crippen LogP contribution in [0.4, 0.5) is 0 Å². The summed E-state index contributed by atoms with van der Waals surface area (Å²) >= 11 is 3.68. The predicted molar refractivity (Wildman–Crippen MR) is 46.3 cm³/mol. The molecule has 0 atom stereocenters. The van der Waals surface area contributed by atoms with Crippen molar-refractivity contribution < 1.29 is 9.53 Å². The molecule has 9 heavy (non-hydrogen) atoms. The first-order chi connectivity index (χ1) is 3.81. The van der Waals surface area contributed by atoms with Gasteiger partial charge in [0.1, 0.15) is 6.61 Å². The molecule has 0 heterocycles. The minimum atomic E-state index is -0.312. The SMILES string of the molecule is C=CCOC(=O)CS.[SnH4]. The molecule has 4 heteroatoms. The standard InChI is InChI=1S/C5H8O2S.Sn.4H/c1-2-3-7-5(6)4-8;;;;;/h2,8H,1,3-4H2;;;;;. The molecule has 0 unspecified atom stereocenters. The van der Waals surface area contributed by atoms with Crippen molar-refractivity contribution in [3.8, 4) is 0 Å². The van der Waals surface area contributed by atoms with Crippen LogP contribution in [0.5, 0.6) is 0 Å². The molecule has 0 saturated heterocycles. The predicted octanol–water partition coefficient (Wildman–Crippen LogP) is -0.806. The Morgan fingerprint density at radius 1 is 1.78 bits per heavy atom. The molecule has 0 amide bonds. The van der Waals surface area contributed by atoms with Gasteiger partial charge in [0.05, 0.1) is 5.75 Å². The summed E-state index contributed by atoms with van der Waals surface area (Å²) in [5.74, 6) is -0.179. The quantitative estimate of drug-likeness (QED) is 0.309. The normalized spacial score (nSPS) is 7.22. The van der Waals surface area contributed by atoms with Crippen molar-refractivity contribution in [2.45, 2.75) is 0 Å². The van der Waals surface area contributed by atoms with Crippen molar-refractivity contribution in [1.82, 2.24) is 0 Å². The zero-order chi connectivity index (χ0) is 6.41. The maximum atomic E-state index is 10.2. The molecule has 0 aliphatic heterocycles. The van der Waals surface area contributed by atoms with E-state index in [9.17, 15) is 4.79 Å². The number of esters is 1. The second kappa shape index (κ2) is 8.36. The third-order valence-corrected chi connectivity index (χ3v) is 0.749. The average Bonchev–Trinajstić information content (AvgIpc) is 1.83. The second-order valence-corrected chi connectivity index (χ2v) is 1.45. The van der Waals surface area contributed by atoms with Crippen molar-refractivity contribution in [1.29, 1.82) is 0 Å². The van der Waals surface area contributed by atoms with Crippen LogP contribution in [0.3, 0.4) is 0 Å². The van der Waals surface area contributed by atoms with Crippen LogP contribution >= 0.6 is 12.6 Å². The Morgan fingerprint density at radius 2 is 2.33 bits per heavy atom. The van der Waals surface area contributed by atoms with Gasteiger partial charge < -0.3 is 4.74 Å². The fraction of sp³-hybridized carbons (Fsp3) is 0.400. The van der Waals surface area contributed by atoms with Gasteiger partial charge in [-0.05, 0) is 0 Å². The number of hydrogen-bond acceptors (Lipinski definition) is 3. The van der Waals surface area contributed by atoms with E-state index in [1.54, 1.807) is 0 Å². The van der Waals surface area contributed by atoms with E-state index < -0.39 is 0 Å². The van der Waals surface area contributed by atoms with E-state index in [2.05, 4.69) is 23.9 Å². The van der Waals surface area contributed by atoms with Crippen LogP contribution in [0, 0.1) is 0 Å². The molecular weight excluding hydrogens is 243 g/mol. The summed E-state index contributed by atoms with van der Waals surface area (Å²) in [7, 11) is 0. The molecular formula is C5H12O2SSn. The van der Waals surface area contributed by atoms with Crippen LogP contribution in [-0.2, 0) is 9.53 Å². The van der Waals surface area contributed by atoms with Crippen LogP contribution in [-0.4, -0.2) is 42.2 Å². The van der Waals surface area contributed by atoms with Gasteiger partial charge in [0.15, 0.2) is 0 Å². The van der Waals surface area contributed by atoms with Gasteiger partial charge in [-0.15, -0.1) is 0 Å². The van der Waals surface area contributed by atoms with Gasteiger partial charge in [0.25, 0.3) is 0 Å². The number of carbonyl (C=O) groups excluding carboxylic acids is 1. The topological polar surface area (TPSA) is 26.3 Å². The first-order valence-corrected chi connectivity index (χ1v) is 2.82. The Hall–Kier alpha value is 0.359. The Kier molecular flexibility index (Phi) is 11.2. The van der Waals surface area contributed by atoms with Crippen LogP contribution in [0.15, 0.2) is 12.7 Å². The van der Waals surface area contributed by atoms with E-state index in [0.29, 0.717) is 0 Å². The molecule has 54 valence electrons. The zero-order valence-electron chi connectivity index (χ0n) is 4.46. The molecule has 0 radical (unpaired) electrons. The Labute approximate surface area is 77.0 Å². The van der Waals surface area contributed by atoms with E-state index >= 15 is 0 Å². The molecule has 0 aromatic heterocycles. The van der Waals surface area contributed by atoms with Gasteiger partial charge in [-0.1, -0.05) is 12.7 Å². The van der Waals surface area contributed by atoms with Crippen molar-refractivity contribution in [2.75, 3.05) is 12.4 Å². The van der Waals surface area contributed by atoms with E-state index in [1.165, 1.54) is 6.08 Å². The molecule has 2 nitrogen and oxygen atoms in total. The molecule has 0 bridgehead atoms. The number of hydrogen-bond donors (Lipinski definition) is 1. The molecule has 0 aromatic carbocycles. The van der Waals surface area contributed by atoms with E-state index in [0.717, 1.165) is 0 Å². The third-order valence-electron chi connectivity index (χ3n) is 0.491. The van der Waals surface area contributed by atoms with Gasteiger partial charge in [-0.2, -0.15) is 12.6 Å². The minimum absolute atomic E-state index is 0. The van der Waals surface area contributed by atoms with Gasteiger partial charge in [-0.25, -0.2) is 0 Å². The van der Waals surface area contributed by atoms with Crippen molar-refractivity contribution in [3.05, 3.63) is 12.7 Å². The number of thiol groups is 1. The number of carbonyl (C=O) groups is 1. The molecule has 0 aliphatic carbocycles. The van der Waals surface area contributed by atoms with Gasteiger partial charge in [0, 0.05) is 0 Å². The summed E-state index contributed by atoms with van der Waals surface area (Å²) in [4.78, 5) is 10.2. The monoisotopic (exact) mass is 256 g/mol. The fourth-order valence-electron chi connectivity index (χ4n) is 0.198. The molecule has 0 saturated carbocycles. The fourth-order valence-corrected chi connectivity index (χ4v) is 0.289.